The lowest BCUT2D eigenvalue weighted by atomic mass is 10.1. The Hall–Kier alpha value is -4.41. The molecule has 2 aromatic carbocycles. The highest BCUT2D eigenvalue weighted by Gasteiger charge is 2.21. The maximum atomic E-state index is 13.2. The van der Waals surface area contributed by atoms with E-state index in [0.717, 1.165) is 33.4 Å². The monoisotopic (exact) mass is 450 g/mol. The van der Waals surface area contributed by atoms with E-state index >= 15 is 0 Å². The standard InChI is InChI=1S/C22H19FN6O4/c1-3-13-4-6-14(7-5-13)12-24-19(30)20-25-18(27-33-20)17-21(31)28(2)22(32)29(26-17)16-10-8-15(23)9-11-16/h4-11H,3,12H2,1-2H3,(H,24,30). The third-order valence-corrected chi connectivity index (χ3v) is 4.96. The molecule has 0 fully saturated rings. The number of hydrogen-bond acceptors (Lipinski definition) is 7. The van der Waals surface area contributed by atoms with Crippen LogP contribution in [0.4, 0.5) is 4.39 Å². The highest BCUT2D eigenvalue weighted by atomic mass is 19.1. The Labute approximate surface area is 186 Å². The van der Waals surface area contributed by atoms with E-state index in [9.17, 15) is 18.8 Å². The van der Waals surface area contributed by atoms with Gasteiger partial charge in [-0.15, -0.1) is 0 Å². The molecule has 0 saturated heterocycles. The van der Waals surface area contributed by atoms with Crippen LogP contribution in [0.15, 0.2) is 62.6 Å². The number of halogens is 1. The van der Waals surface area contributed by atoms with Crippen molar-refractivity contribution in [3.05, 3.63) is 92.2 Å². The van der Waals surface area contributed by atoms with E-state index in [1.807, 2.05) is 24.3 Å². The van der Waals surface area contributed by atoms with Gasteiger partial charge in [0.1, 0.15) is 5.82 Å². The topological polar surface area (TPSA) is 125 Å². The van der Waals surface area contributed by atoms with Crippen LogP contribution < -0.4 is 16.6 Å². The predicted molar refractivity (Wildman–Crippen MR) is 115 cm³/mol. The average Bonchev–Trinajstić information content (AvgIpc) is 3.32. The largest absolute Gasteiger partial charge is 0.351 e. The number of rotatable bonds is 6. The first-order valence-electron chi connectivity index (χ1n) is 10.0. The fraction of sp³-hybridized carbons (Fsp3) is 0.182. The maximum absolute atomic E-state index is 13.2. The Morgan fingerprint density at radius 3 is 2.39 bits per heavy atom. The lowest BCUT2D eigenvalue weighted by Gasteiger charge is -2.07. The van der Waals surface area contributed by atoms with Gasteiger partial charge in [0.2, 0.25) is 5.82 Å². The Morgan fingerprint density at radius 2 is 1.73 bits per heavy atom. The molecule has 0 spiro atoms. The summed E-state index contributed by atoms with van der Waals surface area (Å²) in [6.45, 7) is 2.30. The summed E-state index contributed by atoms with van der Waals surface area (Å²) in [4.78, 5) is 41.4. The van der Waals surface area contributed by atoms with Crippen LogP contribution in [-0.4, -0.2) is 30.4 Å². The van der Waals surface area contributed by atoms with Crippen molar-refractivity contribution in [3.8, 4) is 17.2 Å². The molecule has 4 rings (SSSR count). The van der Waals surface area contributed by atoms with Crippen molar-refractivity contribution in [3.63, 3.8) is 0 Å². The van der Waals surface area contributed by atoms with Crippen LogP contribution in [0.1, 0.15) is 28.7 Å². The number of aryl methyl sites for hydroxylation is 1. The number of carbonyl (C=O) groups excluding carboxylic acids is 1. The number of aromatic nitrogens is 5. The van der Waals surface area contributed by atoms with E-state index < -0.39 is 23.0 Å². The molecular formula is C22H19FN6O4. The minimum Gasteiger partial charge on any atom is -0.344 e. The van der Waals surface area contributed by atoms with Gasteiger partial charge in [0.25, 0.3) is 5.56 Å². The average molecular weight is 450 g/mol. The zero-order valence-electron chi connectivity index (χ0n) is 17.8. The molecule has 0 bridgehead atoms. The van der Waals surface area contributed by atoms with E-state index in [-0.39, 0.29) is 29.6 Å². The van der Waals surface area contributed by atoms with Crippen LogP contribution in [-0.2, 0) is 20.0 Å². The van der Waals surface area contributed by atoms with Crippen molar-refractivity contribution in [2.45, 2.75) is 19.9 Å². The van der Waals surface area contributed by atoms with Crippen LogP contribution in [0.2, 0.25) is 0 Å². The van der Waals surface area contributed by atoms with E-state index in [1.165, 1.54) is 24.7 Å². The zero-order chi connectivity index (χ0) is 23.5. The van der Waals surface area contributed by atoms with Crippen LogP contribution in [0.5, 0.6) is 0 Å². The molecule has 10 nitrogen and oxygen atoms in total. The van der Waals surface area contributed by atoms with Gasteiger partial charge in [-0.1, -0.05) is 36.3 Å². The molecule has 0 aliphatic carbocycles. The molecule has 2 heterocycles. The Morgan fingerprint density at radius 1 is 1.06 bits per heavy atom. The SMILES string of the molecule is CCc1ccc(CNC(=O)c2nc(-c3nn(-c4ccc(F)cc4)c(=O)n(C)c3=O)no2)cc1. The van der Waals surface area contributed by atoms with Crippen molar-refractivity contribution in [1.82, 2.24) is 29.8 Å². The molecule has 168 valence electrons. The summed E-state index contributed by atoms with van der Waals surface area (Å²) >= 11 is 0. The number of carbonyl (C=O) groups is 1. The number of nitrogens with one attached hydrogen (secondary N) is 1. The highest BCUT2D eigenvalue weighted by Crippen LogP contribution is 2.11. The number of amides is 1. The third kappa shape index (κ3) is 4.47. The lowest BCUT2D eigenvalue weighted by Crippen LogP contribution is -2.40. The molecule has 0 aliphatic rings. The molecule has 0 unspecified atom stereocenters. The predicted octanol–water partition coefficient (Wildman–Crippen LogP) is 1.61. The Kier molecular flexibility index (Phi) is 5.94. The van der Waals surface area contributed by atoms with Crippen LogP contribution in [0.3, 0.4) is 0 Å². The van der Waals surface area contributed by atoms with E-state index in [1.54, 1.807) is 0 Å². The van der Waals surface area contributed by atoms with Crippen molar-refractivity contribution in [2.24, 2.45) is 7.05 Å². The van der Waals surface area contributed by atoms with Gasteiger partial charge in [-0.25, -0.2) is 9.18 Å². The second-order valence-corrected chi connectivity index (χ2v) is 7.16. The van der Waals surface area contributed by atoms with Gasteiger partial charge in [-0.3, -0.25) is 14.2 Å². The maximum Gasteiger partial charge on any atom is 0.351 e. The fourth-order valence-electron chi connectivity index (χ4n) is 3.03. The van der Waals surface area contributed by atoms with E-state index in [4.69, 9.17) is 4.52 Å². The number of nitrogens with zero attached hydrogens (tertiary/aromatic N) is 5. The van der Waals surface area contributed by atoms with Crippen LogP contribution in [0, 0.1) is 5.82 Å². The lowest BCUT2D eigenvalue weighted by molar-refractivity contribution is 0.0907. The van der Waals surface area contributed by atoms with Crippen molar-refractivity contribution < 1.29 is 13.7 Å². The molecule has 11 heteroatoms. The van der Waals surface area contributed by atoms with E-state index in [0.29, 0.717) is 0 Å². The van der Waals surface area contributed by atoms with Gasteiger partial charge >= 0.3 is 17.5 Å². The quantitative estimate of drug-likeness (QED) is 0.473. The molecule has 4 aromatic rings. The third-order valence-electron chi connectivity index (χ3n) is 4.96. The fourth-order valence-corrected chi connectivity index (χ4v) is 3.03. The summed E-state index contributed by atoms with van der Waals surface area (Å²) in [5.74, 6) is -1.74. The first-order valence-corrected chi connectivity index (χ1v) is 10.0. The summed E-state index contributed by atoms with van der Waals surface area (Å²) in [5, 5.41) is 10.4. The summed E-state index contributed by atoms with van der Waals surface area (Å²) in [6.07, 6.45) is 0.916. The van der Waals surface area contributed by atoms with Gasteiger partial charge in [-0.2, -0.15) is 14.8 Å². The molecule has 0 saturated carbocycles. The van der Waals surface area contributed by atoms with Crippen LogP contribution in [0.25, 0.3) is 17.2 Å². The summed E-state index contributed by atoms with van der Waals surface area (Å²) in [5.41, 5.74) is 0.478. The summed E-state index contributed by atoms with van der Waals surface area (Å²) in [6, 6.07) is 12.7. The molecule has 2 aromatic heterocycles. The summed E-state index contributed by atoms with van der Waals surface area (Å²) < 4.78 is 20.0. The molecule has 33 heavy (non-hydrogen) atoms. The van der Waals surface area contributed by atoms with E-state index in [2.05, 4.69) is 27.5 Å². The van der Waals surface area contributed by atoms with Crippen molar-refractivity contribution in [1.29, 1.82) is 0 Å². The first-order chi connectivity index (χ1) is 15.9. The minimum atomic E-state index is -0.776. The minimum absolute atomic E-state index is 0.230. The second kappa shape index (κ2) is 8.99. The van der Waals surface area contributed by atoms with Crippen molar-refractivity contribution in [2.75, 3.05) is 0 Å². The number of benzene rings is 2. The highest BCUT2D eigenvalue weighted by molar-refractivity contribution is 5.89. The second-order valence-electron chi connectivity index (χ2n) is 7.16. The molecule has 0 atom stereocenters. The van der Waals surface area contributed by atoms with Gasteiger partial charge in [-0.05, 0) is 41.8 Å². The summed E-state index contributed by atoms with van der Waals surface area (Å²) in [7, 11) is 1.26. The molecule has 1 N–H and O–H groups in total. The molecular weight excluding hydrogens is 431 g/mol. The number of hydrogen-bond donors (Lipinski definition) is 1. The normalized spacial score (nSPS) is 10.9. The molecule has 1 amide bonds. The van der Waals surface area contributed by atoms with Crippen LogP contribution >= 0.6 is 0 Å². The van der Waals surface area contributed by atoms with Gasteiger partial charge in [0.05, 0.1) is 5.69 Å². The first kappa shape index (κ1) is 21.8. The zero-order valence-corrected chi connectivity index (χ0v) is 17.8. The molecule has 0 radical (unpaired) electrons. The Bertz CT molecular complexity index is 1420. The van der Waals surface area contributed by atoms with Crippen molar-refractivity contribution >= 4 is 5.91 Å². The molecule has 0 aliphatic heterocycles. The van der Waals surface area contributed by atoms with Gasteiger partial charge in [0, 0.05) is 13.6 Å². The smallest absolute Gasteiger partial charge is 0.344 e. The Balaban J connectivity index is 1.59. The van der Waals surface area contributed by atoms with Gasteiger partial charge in [0.15, 0.2) is 5.69 Å². The van der Waals surface area contributed by atoms with Gasteiger partial charge < -0.3 is 9.84 Å².